The summed E-state index contributed by atoms with van der Waals surface area (Å²) >= 11 is 5.83. The SMILES string of the molecule is N#Cc1nc(Cl)c(Oc2ccccc2)nc1C#N. The second kappa shape index (κ2) is 5.13. The number of aromatic nitrogens is 2. The quantitative estimate of drug-likeness (QED) is 0.825. The molecule has 0 saturated heterocycles. The lowest BCUT2D eigenvalue weighted by Crippen LogP contribution is -1.98. The lowest BCUT2D eigenvalue weighted by Gasteiger charge is -2.06. The Hall–Kier alpha value is -2.63. The summed E-state index contributed by atoms with van der Waals surface area (Å²) in [5.74, 6) is 0.515. The summed E-state index contributed by atoms with van der Waals surface area (Å²) in [5.41, 5.74) is -0.240. The molecule has 0 aliphatic carbocycles. The molecule has 2 rings (SSSR count). The van der Waals surface area contributed by atoms with Crippen LogP contribution in [0, 0.1) is 22.7 Å². The van der Waals surface area contributed by atoms with Crippen molar-refractivity contribution in [1.29, 1.82) is 10.5 Å². The van der Waals surface area contributed by atoms with E-state index in [1.54, 1.807) is 36.4 Å². The number of hydrogen-bond donors (Lipinski definition) is 0. The van der Waals surface area contributed by atoms with Gasteiger partial charge >= 0.3 is 0 Å². The largest absolute Gasteiger partial charge is 0.436 e. The summed E-state index contributed by atoms with van der Waals surface area (Å²) in [6.45, 7) is 0. The van der Waals surface area contributed by atoms with Crippen molar-refractivity contribution in [3.63, 3.8) is 0 Å². The van der Waals surface area contributed by atoms with Crippen molar-refractivity contribution in [1.82, 2.24) is 9.97 Å². The van der Waals surface area contributed by atoms with Gasteiger partial charge in [-0.25, -0.2) is 4.98 Å². The zero-order chi connectivity index (χ0) is 13.0. The minimum Gasteiger partial charge on any atom is -0.436 e. The van der Waals surface area contributed by atoms with Gasteiger partial charge in [-0.05, 0) is 12.1 Å². The average Bonchev–Trinajstić information content (AvgIpc) is 2.41. The molecule has 86 valence electrons. The molecule has 1 heterocycles. The van der Waals surface area contributed by atoms with Crippen LogP contribution in [0.5, 0.6) is 11.6 Å². The second-order valence-corrected chi connectivity index (χ2v) is 3.51. The maximum absolute atomic E-state index is 8.83. The molecule has 1 aromatic carbocycles. The first-order valence-electron chi connectivity index (χ1n) is 4.85. The summed E-state index contributed by atoms with van der Waals surface area (Å²) in [6.07, 6.45) is 0. The van der Waals surface area contributed by atoms with Gasteiger partial charge in [0.1, 0.15) is 17.9 Å². The van der Waals surface area contributed by atoms with Gasteiger partial charge in [0, 0.05) is 0 Å². The third kappa shape index (κ3) is 2.37. The molecule has 0 amide bonds. The number of para-hydroxylation sites is 1. The molecule has 0 saturated carbocycles. The molecule has 0 radical (unpaired) electrons. The van der Waals surface area contributed by atoms with Crippen molar-refractivity contribution < 1.29 is 4.74 Å². The number of halogens is 1. The Balaban J connectivity index is 2.41. The van der Waals surface area contributed by atoms with Gasteiger partial charge in [-0.1, -0.05) is 29.8 Å². The molecule has 1 aromatic heterocycles. The topological polar surface area (TPSA) is 82.6 Å². The molecule has 0 bridgehead atoms. The molecule has 0 aliphatic rings. The Morgan fingerprint density at radius 3 is 2.22 bits per heavy atom. The van der Waals surface area contributed by atoms with Crippen molar-refractivity contribution >= 4 is 11.6 Å². The van der Waals surface area contributed by atoms with E-state index in [-0.39, 0.29) is 22.4 Å². The molecule has 0 unspecified atom stereocenters. The van der Waals surface area contributed by atoms with Crippen LogP contribution in [0.3, 0.4) is 0 Å². The smallest absolute Gasteiger partial charge is 0.259 e. The normalized spacial score (nSPS) is 9.28. The highest BCUT2D eigenvalue weighted by atomic mass is 35.5. The highest BCUT2D eigenvalue weighted by molar-refractivity contribution is 6.30. The van der Waals surface area contributed by atoms with Crippen LogP contribution in [0.4, 0.5) is 0 Å². The van der Waals surface area contributed by atoms with Crippen LogP contribution < -0.4 is 4.74 Å². The van der Waals surface area contributed by atoms with Gasteiger partial charge < -0.3 is 4.74 Å². The molecular formula is C12H5ClN4O. The first kappa shape index (κ1) is 11.8. The zero-order valence-electron chi connectivity index (χ0n) is 8.96. The van der Waals surface area contributed by atoms with E-state index in [1.165, 1.54) is 0 Å². The summed E-state index contributed by atoms with van der Waals surface area (Å²) in [7, 11) is 0. The maximum atomic E-state index is 8.83. The number of hydrogen-bond acceptors (Lipinski definition) is 5. The van der Waals surface area contributed by atoms with Crippen LogP contribution in [0.2, 0.25) is 5.15 Å². The van der Waals surface area contributed by atoms with Gasteiger partial charge in [0.15, 0.2) is 16.5 Å². The van der Waals surface area contributed by atoms with Gasteiger partial charge in [-0.15, -0.1) is 0 Å². The number of nitrogens with zero attached hydrogens (tertiary/aromatic N) is 4. The van der Waals surface area contributed by atoms with Gasteiger partial charge in [0.2, 0.25) is 0 Å². The van der Waals surface area contributed by atoms with E-state index in [2.05, 4.69) is 9.97 Å². The van der Waals surface area contributed by atoms with Crippen molar-refractivity contribution in [2.75, 3.05) is 0 Å². The minimum absolute atomic E-state index is 0.00147. The highest BCUT2D eigenvalue weighted by Gasteiger charge is 2.13. The lowest BCUT2D eigenvalue weighted by molar-refractivity contribution is 0.459. The Labute approximate surface area is 108 Å². The van der Waals surface area contributed by atoms with E-state index in [4.69, 9.17) is 26.9 Å². The molecule has 2 aromatic rings. The number of nitriles is 2. The van der Waals surface area contributed by atoms with Gasteiger partial charge in [0.25, 0.3) is 5.88 Å². The highest BCUT2D eigenvalue weighted by Crippen LogP contribution is 2.26. The fourth-order valence-corrected chi connectivity index (χ4v) is 1.39. The molecule has 0 N–H and O–H groups in total. The van der Waals surface area contributed by atoms with Crippen LogP contribution in [0.1, 0.15) is 11.4 Å². The first-order chi connectivity index (χ1) is 8.74. The van der Waals surface area contributed by atoms with Crippen molar-refractivity contribution in [2.45, 2.75) is 0 Å². The molecule has 6 heteroatoms. The van der Waals surface area contributed by atoms with E-state index in [0.717, 1.165) is 0 Å². The number of benzene rings is 1. The first-order valence-corrected chi connectivity index (χ1v) is 5.23. The van der Waals surface area contributed by atoms with Crippen molar-refractivity contribution in [3.8, 4) is 23.8 Å². The molecular weight excluding hydrogens is 252 g/mol. The van der Waals surface area contributed by atoms with E-state index >= 15 is 0 Å². The Bertz CT molecular complexity index is 658. The number of ether oxygens (including phenoxy) is 1. The van der Waals surface area contributed by atoms with Crippen LogP contribution in [0.15, 0.2) is 30.3 Å². The molecule has 18 heavy (non-hydrogen) atoms. The van der Waals surface area contributed by atoms with E-state index in [1.807, 2.05) is 6.07 Å². The van der Waals surface area contributed by atoms with Crippen LogP contribution in [0.25, 0.3) is 0 Å². The third-order valence-electron chi connectivity index (χ3n) is 1.99. The van der Waals surface area contributed by atoms with Gasteiger partial charge in [0.05, 0.1) is 0 Å². The summed E-state index contributed by atoms with van der Waals surface area (Å²) in [5, 5.41) is 17.5. The average molecular weight is 257 g/mol. The summed E-state index contributed by atoms with van der Waals surface area (Å²) in [6, 6.07) is 12.3. The molecule has 5 nitrogen and oxygen atoms in total. The zero-order valence-corrected chi connectivity index (χ0v) is 9.72. The van der Waals surface area contributed by atoms with E-state index < -0.39 is 0 Å². The summed E-state index contributed by atoms with van der Waals surface area (Å²) in [4.78, 5) is 7.61. The van der Waals surface area contributed by atoms with Crippen molar-refractivity contribution in [3.05, 3.63) is 46.9 Å². The monoisotopic (exact) mass is 256 g/mol. The molecule has 0 spiro atoms. The Morgan fingerprint density at radius 2 is 1.61 bits per heavy atom. The number of rotatable bonds is 2. The van der Waals surface area contributed by atoms with Gasteiger partial charge in [-0.3, -0.25) is 0 Å². The fourth-order valence-electron chi connectivity index (χ4n) is 1.22. The van der Waals surface area contributed by atoms with Crippen molar-refractivity contribution in [2.24, 2.45) is 0 Å². The van der Waals surface area contributed by atoms with Crippen LogP contribution in [-0.2, 0) is 0 Å². The molecule has 0 aliphatic heterocycles. The fraction of sp³-hybridized carbons (Fsp3) is 0. The predicted octanol–water partition coefficient (Wildman–Crippen LogP) is 2.67. The molecule has 0 fully saturated rings. The van der Waals surface area contributed by atoms with E-state index in [0.29, 0.717) is 5.75 Å². The Kier molecular flexibility index (Phi) is 3.38. The second-order valence-electron chi connectivity index (χ2n) is 3.16. The third-order valence-corrected chi connectivity index (χ3v) is 2.24. The van der Waals surface area contributed by atoms with E-state index in [9.17, 15) is 0 Å². The molecule has 0 atom stereocenters. The van der Waals surface area contributed by atoms with Gasteiger partial charge in [-0.2, -0.15) is 15.5 Å². The predicted molar refractivity (Wildman–Crippen MR) is 63.0 cm³/mol. The lowest BCUT2D eigenvalue weighted by atomic mass is 10.3. The minimum atomic E-state index is -0.122. The maximum Gasteiger partial charge on any atom is 0.259 e. The van der Waals surface area contributed by atoms with Crippen LogP contribution in [-0.4, -0.2) is 9.97 Å². The standard InChI is InChI=1S/C12H5ClN4O/c13-11-12(18-8-4-2-1-3-5-8)17-10(7-15)9(6-14)16-11/h1-5H. The Morgan fingerprint density at radius 1 is 1.00 bits per heavy atom. The summed E-state index contributed by atoms with van der Waals surface area (Å²) < 4.78 is 5.39. The van der Waals surface area contributed by atoms with Crippen LogP contribution >= 0.6 is 11.6 Å².